The molecule has 6 heteroatoms. The van der Waals surface area contributed by atoms with Crippen LogP contribution in [-0.2, 0) is 28.4 Å². The standard InChI is InChI=1S/C19H19Cl2NO2S/c1-12-13-5-3-8-18(25(2)24)14(13)9-10-22(12)19(23)11-15-16(20)6-4-7-17(15)21/h3-8,12H,9-11H2,1-2H3. The van der Waals surface area contributed by atoms with Crippen molar-refractivity contribution < 1.29 is 9.00 Å². The lowest BCUT2D eigenvalue weighted by molar-refractivity contribution is -0.133. The minimum Gasteiger partial charge on any atom is -0.335 e. The molecule has 0 bridgehead atoms. The van der Waals surface area contributed by atoms with E-state index in [1.165, 1.54) is 0 Å². The molecule has 2 aromatic rings. The number of hydrogen-bond acceptors (Lipinski definition) is 2. The molecular formula is C19H19Cl2NO2S. The Bertz CT molecular complexity index is 833. The van der Waals surface area contributed by atoms with Crippen molar-refractivity contribution in [3.8, 4) is 0 Å². The highest BCUT2D eigenvalue weighted by molar-refractivity contribution is 7.84. The molecule has 0 radical (unpaired) electrons. The van der Waals surface area contributed by atoms with Crippen molar-refractivity contribution in [2.45, 2.75) is 30.7 Å². The Morgan fingerprint density at radius 3 is 2.48 bits per heavy atom. The summed E-state index contributed by atoms with van der Waals surface area (Å²) in [6.07, 6.45) is 2.58. The van der Waals surface area contributed by atoms with Crippen LogP contribution < -0.4 is 0 Å². The van der Waals surface area contributed by atoms with Crippen LogP contribution in [0.25, 0.3) is 0 Å². The topological polar surface area (TPSA) is 37.4 Å². The van der Waals surface area contributed by atoms with Crippen LogP contribution in [0.4, 0.5) is 0 Å². The highest BCUT2D eigenvalue weighted by Crippen LogP contribution is 2.34. The summed E-state index contributed by atoms with van der Waals surface area (Å²) < 4.78 is 12.0. The summed E-state index contributed by atoms with van der Waals surface area (Å²) in [5.74, 6) is -0.00354. The van der Waals surface area contributed by atoms with Crippen molar-refractivity contribution in [2.24, 2.45) is 0 Å². The Kier molecular flexibility index (Phi) is 5.52. The Hall–Kier alpha value is -1.36. The van der Waals surface area contributed by atoms with Crippen LogP contribution in [0, 0.1) is 0 Å². The van der Waals surface area contributed by atoms with Gasteiger partial charge in [0.25, 0.3) is 0 Å². The molecule has 3 nitrogen and oxygen atoms in total. The van der Waals surface area contributed by atoms with Gasteiger partial charge in [0, 0.05) is 27.7 Å². The average Bonchev–Trinajstić information content (AvgIpc) is 2.58. The first kappa shape index (κ1) is 18.4. The average molecular weight is 396 g/mol. The minimum atomic E-state index is -1.03. The van der Waals surface area contributed by atoms with E-state index < -0.39 is 10.8 Å². The second-order valence-electron chi connectivity index (χ2n) is 6.17. The third kappa shape index (κ3) is 3.62. The van der Waals surface area contributed by atoms with Crippen molar-refractivity contribution in [2.75, 3.05) is 12.8 Å². The molecule has 1 amide bonds. The van der Waals surface area contributed by atoms with E-state index in [4.69, 9.17) is 23.2 Å². The molecule has 0 N–H and O–H groups in total. The maximum Gasteiger partial charge on any atom is 0.227 e. The molecule has 2 unspecified atom stereocenters. The van der Waals surface area contributed by atoms with Gasteiger partial charge in [0.05, 0.1) is 23.3 Å². The molecule has 1 heterocycles. The van der Waals surface area contributed by atoms with Crippen LogP contribution in [0.5, 0.6) is 0 Å². The number of amides is 1. The van der Waals surface area contributed by atoms with E-state index in [0.717, 1.165) is 16.0 Å². The van der Waals surface area contributed by atoms with Gasteiger partial charge in [-0.15, -0.1) is 0 Å². The number of carbonyl (C=O) groups is 1. The first-order valence-electron chi connectivity index (χ1n) is 8.07. The van der Waals surface area contributed by atoms with Crippen LogP contribution in [0.1, 0.15) is 29.7 Å². The molecule has 0 fully saturated rings. The Morgan fingerprint density at radius 2 is 1.84 bits per heavy atom. The third-order valence-electron chi connectivity index (χ3n) is 4.71. The van der Waals surface area contributed by atoms with Gasteiger partial charge in [-0.3, -0.25) is 9.00 Å². The molecule has 0 aliphatic carbocycles. The molecule has 132 valence electrons. The van der Waals surface area contributed by atoms with E-state index in [2.05, 4.69) is 0 Å². The van der Waals surface area contributed by atoms with Gasteiger partial charge in [-0.2, -0.15) is 0 Å². The predicted molar refractivity (Wildman–Crippen MR) is 103 cm³/mol. The summed E-state index contributed by atoms with van der Waals surface area (Å²) in [6, 6.07) is 11.0. The smallest absolute Gasteiger partial charge is 0.227 e. The number of nitrogens with zero attached hydrogens (tertiary/aromatic N) is 1. The second kappa shape index (κ2) is 7.48. The van der Waals surface area contributed by atoms with Gasteiger partial charge < -0.3 is 4.90 Å². The molecule has 0 spiro atoms. The van der Waals surface area contributed by atoms with Crippen LogP contribution in [0.15, 0.2) is 41.3 Å². The fourth-order valence-corrected chi connectivity index (χ4v) is 4.77. The van der Waals surface area contributed by atoms with Gasteiger partial charge in [0.1, 0.15) is 0 Å². The van der Waals surface area contributed by atoms with Gasteiger partial charge in [0.2, 0.25) is 5.91 Å². The number of carbonyl (C=O) groups excluding carboxylic acids is 1. The van der Waals surface area contributed by atoms with Crippen LogP contribution in [0.2, 0.25) is 10.0 Å². The molecule has 25 heavy (non-hydrogen) atoms. The van der Waals surface area contributed by atoms with Crippen molar-refractivity contribution in [1.82, 2.24) is 4.90 Å². The van der Waals surface area contributed by atoms with Crippen molar-refractivity contribution >= 4 is 39.9 Å². The Labute approximate surface area is 160 Å². The fraction of sp³-hybridized carbons (Fsp3) is 0.316. The summed E-state index contributed by atoms with van der Waals surface area (Å²) >= 11 is 12.4. The largest absolute Gasteiger partial charge is 0.335 e. The van der Waals surface area contributed by atoms with Gasteiger partial charge in [-0.05, 0) is 48.2 Å². The number of rotatable bonds is 3. The van der Waals surface area contributed by atoms with E-state index in [9.17, 15) is 9.00 Å². The van der Waals surface area contributed by atoms with E-state index >= 15 is 0 Å². The van der Waals surface area contributed by atoms with Crippen LogP contribution in [-0.4, -0.2) is 27.8 Å². The molecule has 2 aromatic carbocycles. The van der Waals surface area contributed by atoms with Gasteiger partial charge in [0.15, 0.2) is 0 Å². The molecule has 3 rings (SSSR count). The van der Waals surface area contributed by atoms with E-state index in [1.807, 2.05) is 30.0 Å². The first-order valence-corrected chi connectivity index (χ1v) is 10.4. The summed E-state index contributed by atoms with van der Waals surface area (Å²) in [5.41, 5.74) is 2.84. The van der Waals surface area contributed by atoms with E-state index in [1.54, 1.807) is 24.5 Å². The SMILES string of the molecule is CC1c2cccc(S(C)=O)c2CCN1C(=O)Cc1c(Cl)cccc1Cl. The summed E-state index contributed by atoms with van der Waals surface area (Å²) in [4.78, 5) is 15.6. The number of halogens is 2. The van der Waals surface area contributed by atoms with Crippen molar-refractivity contribution in [3.05, 3.63) is 63.1 Å². The number of hydrogen-bond donors (Lipinski definition) is 0. The lowest BCUT2D eigenvalue weighted by Crippen LogP contribution is -2.40. The maximum atomic E-state index is 12.9. The number of benzene rings is 2. The van der Waals surface area contributed by atoms with Crippen molar-refractivity contribution in [3.63, 3.8) is 0 Å². The number of fused-ring (bicyclic) bond motifs is 1. The second-order valence-corrected chi connectivity index (χ2v) is 8.33. The highest BCUT2D eigenvalue weighted by atomic mass is 35.5. The molecule has 0 saturated heterocycles. The van der Waals surface area contributed by atoms with Crippen molar-refractivity contribution in [1.29, 1.82) is 0 Å². The van der Waals surface area contributed by atoms with Crippen LogP contribution in [0.3, 0.4) is 0 Å². The summed E-state index contributed by atoms with van der Waals surface area (Å²) in [5, 5.41) is 1.02. The summed E-state index contributed by atoms with van der Waals surface area (Å²) in [6.45, 7) is 2.61. The molecule has 0 aromatic heterocycles. The maximum absolute atomic E-state index is 12.9. The Balaban J connectivity index is 1.87. The quantitative estimate of drug-likeness (QED) is 0.770. The highest BCUT2D eigenvalue weighted by Gasteiger charge is 2.29. The zero-order chi connectivity index (χ0) is 18.1. The first-order chi connectivity index (χ1) is 11.9. The third-order valence-corrected chi connectivity index (χ3v) is 6.42. The lowest BCUT2D eigenvalue weighted by Gasteiger charge is -2.36. The molecule has 1 aliphatic heterocycles. The van der Waals surface area contributed by atoms with Gasteiger partial charge in [-0.1, -0.05) is 41.4 Å². The molecular weight excluding hydrogens is 377 g/mol. The van der Waals surface area contributed by atoms with Gasteiger partial charge in [-0.25, -0.2) is 0 Å². The monoisotopic (exact) mass is 395 g/mol. The Morgan fingerprint density at radius 1 is 1.20 bits per heavy atom. The van der Waals surface area contributed by atoms with Gasteiger partial charge >= 0.3 is 0 Å². The predicted octanol–water partition coefficient (Wildman–Crippen LogP) is 4.42. The minimum absolute atomic E-state index is 0.00354. The zero-order valence-corrected chi connectivity index (χ0v) is 16.4. The van der Waals surface area contributed by atoms with E-state index in [-0.39, 0.29) is 18.4 Å². The molecule has 1 aliphatic rings. The van der Waals surface area contributed by atoms with E-state index in [0.29, 0.717) is 28.6 Å². The zero-order valence-electron chi connectivity index (χ0n) is 14.1. The van der Waals surface area contributed by atoms with Crippen LogP contribution >= 0.6 is 23.2 Å². The normalized spacial score (nSPS) is 17.9. The molecule has 2 atom stereocenters. The lowest BCUT2D eigenvalue weighted by atomic mass is 9.93. The molecule has 0 saturated carbocycles. The fourth-order valence-electron chi connectivity index (χ4n) is 3.40. The summed E-state index contributed by atoms with van der Waals surface area (Å²) in [7, 11) is -1.03.